The molecule has 1 fully saturated rings. The van der Waals surface area contributed by atoms with Crippen LogP contribution in [0.2, 0.25) is 0 Å². The molecule has 0 spiro atoms. The Balaban J connectivity index is 1.92. The van der Waals surface area contributed by atoms with Crippen LogP contribution in [-0.4, -0.2) is 29.9 Å². The summed E-state index contributed by atoms with van der Waals surface area (Å²) >= 11 is 0. The molecule has 0 bridgehead atoms. The van der Waals surface area contributed by atoms with Gasteiger partial charge in [-0.05, 0) is 31.9 Å². The number of rotatable bonds is 7. The van der Waals surface area contributed by atoms with Crippen LogP contribution in [0.4, 0.5) is 0 Å². The van der Waals surface area contributed by atoms with Crippen LogP contribution in [-0.2, 0) is 11.3 Å². The van der Waals surface area contributed by atoms with Gasteiger partial charge in [-0.25, -0.2) is 0 Å². The normalized spacial score (nSPS) is 18.6. The van der Waals surface area contributed by atoms with E-state index < -0.39 is 0 Å². The first-order valence-corrected chi connectivity index (χ1v) is 7.37. The van der Waals surface area contributed by atoms with Crippen LogP contribution in [0.3, 0.4) is 0 Å². The van der Waals surface area contributed by atoms with Crippen LogP contribution in [0.5, 0.6) is 0 Å². The number of likely N-dealkylation sites (tertiary alicyclic amines) is 1. The van der Waals surface area contributed by atoms with Crippen LogP contribution < -0.4 is 5.32 Å². The number of nitrogens with zero attached hydrogens (tertiary/aromatic N) is 1. The van der Waals surface area contributed by atoms with Crippen molar-refractivity contribution in [3.05, 3.63) is 48.0 Å². The molecule has 3 nitrogen and oxygen atoms in total. The molecule has 1 N–H and O–H groups in total. The van der Waals surface area contributed by atoms with E-state index in [9.17, 15) is 4.79 Å². The van der Waals surface area contributed by atoms with E-state index >= 15 is 0 Å². The first-order chi connectivity index (χ1) is 9.70. The highest BCUT2D eigenvalue weighted by atomic mass is 16.2. The van der Waals surface area contributed by atoms with Gasteiger partial charge in [0.1, 0.15) is 0 Å². The lowest BCUT2D eigenvalue weighted by Crippen LogP contribution is -2.34. The lowest BCUT2D eigenvalue weighted by atomic mass is 10.1. The summed E-state index contributed by atoms with van der Waals surface area (Å²) in [4.78, 5) is 14.1. The highest BCUT2D eigenvalue weighted by Gasteiger charge is 2.30. The Morgan fingerprint density at radius 1 is 1.50 bits per heavy atom. The molecule has 0 aliphatic carbocycles. The smallest absolute Gasteiger partial charge is 0.223 e. The summed E-state index contributed by atoms with van der Waals surface area (Å²) in [5.41, 5.74) is 2.47. The first kappa shape index (κ1) is 14.8. The molecule has 1 aromatic rings. The number of benzene rings is 1. The number of nitrogens with one attached hydrogen (secondary N) is 1. The zero-order valence-corrected chi connectivity index (χ0v) is 12.3. The molecule has 1 aliphatic rings. The molecule has 0 aromatic heterocycles. The van der Waals surface area contributed by atoms with Crippen molar-refractivity contribution >= 4 is 5.91 Å². The Hall–Kier alpha value is -1.61. The van der Waals surface area contributed by atoms with Crippen molar-refractivity contribution in [3.8, 4) is 0 Å². The van der Waals surface area contributed by atoms with Crippen LogP contribution in [0.15, 0.2) is 36.9 Å². The van der Waals surface area contributed by atoms with Crippen LogP contribution in [0.25, 0.3) is 0 Å². The van der Waals surface area contributed by atoms with Crippen molar-refractivity contribution < 1.29 is 4.79 Å². The minimum absolute atomic E-state index is 0.292. The minimum atomic E-state index is 0.292. The molecule has 0 unspecified atom stereocenters. The lowest BCUT2D eigenvalue weighted by Gasteiger charge is -2.25. The molecule has 1 atom stereocenters. The quantitative estimate of drug-likeness (QED) is 0.611. The minimum Gasteiger partial charge on any atom is -0.335 e. The van der Waals surface area contributed by atoms with E-state index in [-0.39, 0.29) is 0 Å². The topological polar surface area (TPSA) is 32.3 Å². The molecule has 20 heavy (non-hydrogen) atoms. The Labute approximate surface area is 121 Å². The van der Waals surface area contributed by atoms with Gasteiger partial charge in [-0.1, -0.05) is 35.9 Å². The first-order valence-electron chi connectivity index (χ1n) is 7.37. The zero-order chi connectivity index (χ0) is 14.4. The highest BCUT2D eigenvalue weighted by molar-refractivity contribution is 5.78. The highest BCUT2D eigenvalue weighted by Crippen LogP contribution is 2.23. The number of hydrogen-bond donors (Lipinski definition) is 1. The summed E-state index contributed by atoms with van der Waals surface area (Å²) in [5.74, 6) is 0.292. The maximum absolute atomic E-state index is 12.1. The second-order valence-corrected chi connectivity index (χ2v) is 5.48. The fraction of sp³-hybridized carbons (Fsp3) is 0.471. The third-order valence-electron chi connectivity index (χ3n) is 3.83. The Morgan fingerprint density at radius 3 is 3.10 bits per heavy atom. The second kappa shape index (κ2) is 7.25. The SMILES string of the molecule is C=CCNCC[C@H]1CCC(=O)N1Cc1cccc(C)c1. The third-order valence-corrected chi connectivity index (χ3v) is 3.83. The number of hydrogen-bond acceptors (Lipinski definition) is 2. The molecule has 1 aromatic carbocycles. The van der Waals surface area contributed by atoms with Crippen LogP contribution in [0, 0.1) is 6.92 Å². The summed E-state index contributed by atoms with van der Waals surface area (Å²) in [7, 11) is 0. The molecular formula is C17H24N2O. The number of amides is 1. The average Bonchev–Trinajstić information content (AvgIpc) is 2.76. The van der Waals surface area contributed by atoms with Crippen LogP contribution in [0.1, 0.15) is 30.4 Å². The molecule has 1 saturated heterocycles. The Kier molecular flexibility index (Phi) is 5.36. The Morgan fingerprint density at radius 2 is 2.35 bits per heavy atom. The summed E-state index contributed by atoms with van der Waals surface area (Å²) in [6.45, 7) is 8.30. The van der Waals surface area contributed by atoms with Crippen molar-refractivity contribution in [2.24, 2.45) is 0 Å². The van der Waals surface area contributed by atoms with Gasteiger partial charge in [0.05, 0.1) is 0 Å². The van der Waals surface area contributed by atoms with E-state index in [1.165, 1.54) is 11.1 Å². The maximum atomic E-state index is 12.1. The Bertz CT molecular complexity index is 470. The number of carbonyl (C=O) groups excluding carboxylic acids is 1. The fourth-order valence-electron chi connectivity index (χ4n) is 2.79. The molecule has 0 saturated carbocycles. The van der Waals surface area contributed by atoms with Crippen molar-refractivity contribution in [1.82, 2.24) is 10.2 Å². The summed E-state index contributed by atoms with van der Waals surface area (Å²) in [6.07, 6.45) is 4.56. The number of carbonyl (C=O) groups is 1. The van der Waals surface area contributed by atoms with Gasteiger partial charge in [-0.15, -0.1) is 6.58 Å². The van der Waals surface area contributed by atoms with Gasteiger partial charge in [0.25, 0.3) is 0 Å². The predicted molar refractivity (Wildman–Crippen MR) is 82.4 cm³/mol. The van der Waals surface area contributed by atoms with Gasteiger partial charge in [0, 0.05) is 25.6 Å². The van der Waals surface area contributed by atoms with Gasteiger partial charge in [-0.3, -0.25) is 4.79 Å². The number of aryl methyl sites for hydroxylation is 1. The third kappa shape index (κ3) is 3.94. The van der Waals surface area contributed by atoms with Crippen molar-refractivity contribution in [3.63, 3.8) is 0 Å². The fourth-order valence-corrected chi connectivity index (χ4v) is 2.79. The van der Waals surface area contributed by atoms with Crippen LogP contribution >= 0.6 is 0 Å². The molecule has 2 rings (SSSR count). The molecule has 1 amide bonds. The van der Waals surface area contributed by atoms with E-state index in [1.807, 2.05) is 11.0 Å². The van der Waals surface area contributed by atoms with E-state index in [2.05, 4.69) is 43.1 Å². The summed E-state index contributed by atoms with van der Waals surface area (Å²) in [5, 5.41) is 3.31. The summed E-state index contributed by atoms with van der Waals surface area (Å²) < 4.78 is 0. The van der Waals surface area contributed by atoms with Gasteiger partial charge < -0.3 is 10.2 Å². The van der Waals surface area contributed by atoms with E-state index in [4.69, 9.17) is 0 Å². The molecule has 0 radical (unpaired) electrons. The molecule has 3 heteroatoms. The zero-order valence-electron chi connectivity index (χ0n) is 12.3. The largest absolute Gasteiger partial charge is 0.335 e. The van der Waals surface area contributed by atoms with Crippen molar-refractivity contribution in [1.29, 1.82) is 0 Å². The molecule has 108 valence electrons. The molecular weight excluding hydrogens is 248 g/mol. The van der Waals surface area contributed by atoms with E-state index in [0.717, 1.165) is 32.5 Å². The van der Waals surface area contributed by atoms with Gasteiger partial charge >= 0.3 is 0 Å². The predicted octanol–water partition coefficient (Wildman–Crippen LogP) is 2.65. The maximum Gasteiger partial charge on any atom is 0.223 e. The molecule has 1 heterocycles. The van der Waals surface area contributed by atoms with Gasteiger partial charge in [-0.2, -0.15) is 0 Å². The van der Waals surface area contributed by atoms with Gasteiger partial charge in [0.2, 0.25) is 5.91 Å². The second-order valence-electron chi connectivity index (χ2n) is 5.48. The standard InChI is InChI=1S/C17H24N2O/c1-3-10-18-11-9-16-7-8-17(20)19(16)13-15-6-4-5-14(2)12-15/h3-6,12,16,18H,1,7-11,13H2,2H3/t16-/m1/s1. The van der Waals surface area contributed by atoms with E-state index in [1.54, 1.807) is 0 Å². The van der Waals surface area contributed by atoms with Crippen molar-refractivity contribution in [2.75, 3.05) is 13.1 Å². The lowest BCUT2D eigenvalue weighted by molar-refractivity contribution is -0.129. The van der Waals surface area contributed by atoms with E-state index in [0.29, 0.717) is 18.4 Å². The summed E-state index contributed by atoms with van der Waals surface area (Å²) in [6, 6.07) is 8.79. The van der Waals surface area contributed by atoms with Crippen molar-refractivity contribution in [2.45, 2.75) is 38.8 Å². The molecule has 1 aliphatic heterocycles. The van der Waals surface area contributed by atoms with Gasteiger partial charge in [0.15, 0.2) is 0 Å². The monoisotopic (exact) mass is 272 g/mol. The average molecular weight is 272 g/mol.